The maximum absolute atomic E-state index is 12.7. The van der Waals surface area contributed by atoms with E-state index in [-0.39, 0.29) is 5.91 Å². The molecule has 0 aliphatic carbocycles. The molecule has 1 aromatic carbocycles. The minimum Gasteiger partial charge on any atom is -0.477 e. The third-order valence-electron chi connectivity index (χ3n) is 4.94. The lowest BCUT2D eigenvalue weighted by atomic mass is 10.1. The van der Waals surface area contributed by atoms with Crippen LogP contribution in [0.25, 0.3) is 0 Å². The van der Waals surface area contributed by atoms with Crippen molar-refractivity contribution in [1.29, 1.82) is 0 Å². The standard InChI is InChI=1S/C21H28N4O2/c1-4-24-11-13-25(14-12-24)17-8-9-19(16(3)15-17)23-20(26)18-7-6-10-22-21(18)27-5-2/h6-10,15H,4-5,11-14H2,1-3H3,(H,23,26). The van der Waals surface area contributed by atoms with E-state index in [1.54, 1.807) is 18.3 Å². The smallest absolute Gasteiger partial charge is 0.261 e. The summed E-state index contributed by atoms with van der Waals surface area (Å²) in [6, 6.07) is 9.67. The SMILES string of the molecule is CCOc1ncccc1C(=O)Nc1ccc(N2CCN(CC)CC2)cc1C. The van der Waals surface area contributed by atoms with Gasteiger partial charge in [-0.2, -0.15) is 0 Å². The van der Waals surface area contributed by atoms with Crippen molar-refractivity contribution in [3.05, 3.63) is 47.7 Å². The highest BCUT2D eigenvalue weighted by molar-refractivity contribution is 6.06. The maximum atomic E-state index is 12.7. The molecule has 6 nitrogen and oxygen atoms in total. The molecule has 6 heteroatoms. The summed E-state index contributed by atoms with van der Waals surface area (Å²) in [5, 5.41) is 2.99. The third-order valence-corrected chi connectivity index (χ3v) is 4.94. The monoisotopic (exact) mass is 368 g/mol. The van der Waals surface area contributed by atoms with Gasteiger partial charge >= 0.3 is 0 Å². The molecule has 144 valence electrons. The predicted molar refractivity (Wildman–Crippen MR) is 109 cm³/mol. The Bertz CT molecular complexity index is 786. The number of nitrogens with zero attached hydrogens (tertiary/aromatic N) is 3. The number of likely N-dealkylation sites (N-methyl/N-ethyl adjacent to an activating group) is 1. The van der Waals surface area contributed by atoms with Crippen molar-refractivity contribution in [3.63, 3.8) is 0 Å². The summed E-state index contributed by atoms with van der Waals surface area (Å²) in [7, 11) is 0. The molecular weight excluding hydrogens is 340 g/mol. The molecule has 0 spiro atoms. The van der Waals surface area contributed by atoms with Crippen LogP contribution in [-0.4, -0.2) is 55.1 Å². The highest BCUT2D eigenvalue weighted by atomic mass is 16.5. The van der Waals surface area contributed by atoms with Crippen molar-refractivity contribution in [1.82, 2.24) is 9.88 Å². The number of aromatic nitrogens is 1. The fourth-order valence-electron chi connectivity index (χ4n) is 3.31. The molecule has 0 unspecified atom stereocenters. The number of benzene rings is 1. The Labute approximate surface area is 161 Å². The molecule has 0 saturated carbocycles. The van der Waals surface area contributed by atoms with Crippen LogP contribution in [0.1, 0.15) is 29.8 Å². The molecule has 1 N–H and O–H groups in total. The number of hydrogen-bond acceptors (Lipinski definition) is 5. The van der Waals surface area contributed by atoms with E-state index in [2.05, 4.69) is 39.2 Å². The van der Waals surface area contributed by atoms with Crippen LogP contribution in [0.3, 0.4) is 0 Å². The van der Waals surface area contributed by atoms with Gasteiger partial charge in [0.15, 0.2) is 0 Å². The van der Waals surface area contributed by atoms with E-state index >= 15 is 0 Å². The topological polar surface area (TPSA) is 57.7 Å². The highest BCUT2D eigenvalue weighted by Gasteiger charge is 2.18. The van der Waals surface area contributed by atoms with Crippen molar-refractivity contribution < 1.29 is 9.53 Å². The lowest BCUT2D eigenvalue weighted by Gasteiger charge is -2.35. The Morgan fingerprint density at radius 3 is 2.63 bits per heavy atom. The van der Waals surface area contributed by atoms with Gasteiger partial charge in [0.05, 0.1) is 6.61 Å². The summed E-state index contributed by atoms with van der Waals surface area (Å²) in [5.74, 6) is 0.152. The normalized spacial score (nSPS) is 14.9. The number of carbonyl (C=O) groups is 1. The second-order valence-electron chi connectivity index (χ2n) is 6.66. The number of piperazine rings is 1. The average Bonchev–Trinajstić information content (AvgIpc) is 2.70. The van der Waals surface area contributed by atoms with Gasteiger partial charge in [-0.1, -0.05) is 6.92 Å². The van der Waals surface area contributed by atoms with Crippen molar-refractivity contribution >= 4 is 17.3 Å². The first kappa shape index (κ1) is 19.2. The molecule has 1 aromatic heterocycles. The Hall–Kier alpha value is -2.60. The highest BCUT2D eigenvalue weighted by Crippen LogP contribution is 2.25. The first-order chi connectivity index (χ1) is 13.1. The van der Waals surface area contributed by atoms with E-state index in [1.165, 1.54) is 5.69 Å². The summed E-state index contributed by atoms with van der Waals surface area (Å²) in [4.78, 5) is 21.7. The van der Waals surface area contributed by atoms with Crippen LogP contribution in [0.15, 0.2) is 36.5 Å². The van der Waals surface area contributed by atoms with Crippen LogP contribution in [0, 0.1) is 6.92 Å². The average molecular weight is 368 g/mol. The number of aryl methyl sites for hydroxylation is 1. The number of pyridine rings is 1. The largest absolute Gasteiger partial charge is 0.477 e. The molecule has 1 amide bonds. The Morgan fingerprint density at radius 2 is 1.96 bits per heavy atom. The number of rotatable bonds is 6. The van der Waals surface area contributed by atoms with Gasteiger partial charge in [0.25, 0.3) is 5.91 Å². The Morgan fingerprint density at radius 1 is 1.19 bits per heavy atom. The molecule has 1 saturated heterocycles. The van der Waals surface area contributed by atoms with E-state index in [4.69, 9.17) is 4.74 Å². The summed E-state index contributed by atoms with van der Waals surface area (Å²) in [6.45, 7) is 11.9. The first-order valence-electron chi connectivity index (χ1n) is 9.59. The van der Waals surface area contributed by atoms with Gasteiger partial charge < -0.3 is 19.9 Å². The van der Waals surface area contributed by atoms with Crippen LogP contribution in [0.2, 0.25) is 0 Å². The number of ether oxygens (including phenoxy) is 1. The second kappa shape index (κ2) is 8.86. The molecule has 2 heterocycles. The van der Waals surface area contributed by atoms with Crippen molar-refractivity contribution in [2.45, 2.75) is 20.8 Å². The summed E-state index contributed by atoms with van der Waals surface area (Å²) >= 11 is 0. The van der Waals surface area contributed by atoms with E-state index in [0.717, 1.165) is 44.0 Å². The summed E-state index contributed by atoms with van der Waals surface area (Å²) in [5.41, 5.74) is 3.50. The van der Waals surface area contributed by atoms with Crippen LogP contribution >= 0.6 is 0 Å². The lowest BCUT2D eigenvalue weighted by molar-refractivity contribution is 0.102. The molecule has 0 bridgehead atoms. The summed E-state index contributed by atoms with van der Waals surface area (Å²) < 4.78 is 5.46. The Balaban J connectivity index is 1.70. The lowest BCUT2D eigenvalue weighted by Crippen LogP contribution is -2.46. The molecule has 2 aromatic rings. The van der Waals surface area contributed by atoms with Gasteiger partial charge in [-0.25, -0.2) is 4.98 Å². The van der Waals surface area contributed by atoms with Gasteiger partial charge in [0, 0.05) is 43.8 Å². The zero-order chi connectivity index (χ0) is 19.2. The molecule has 1 aliphatic heterocycles. The Kier molecular flexibility index (Phi) is 6.29. The summed E-state index contributed by atoms with van der Waals surface area (Å²) in [6.07, 6.45) is 1.63. The van der Waals surface area contributed by atoms with Crippen molar-refractivity contribution in [2.24, 2.45) is 0 Å². The minimum absolute atomic E-state index is 0.209. The molecule has 3 rings (SSSR count). The number of carbonyl (C=O) groups excluding carboxylic acids is 1. The van der Waals surface area contributed by atoms with E-state index in [9.17, 15) is 4.79 Å². The van der Waals surface area contributed by atoms with Crippen molar-refractivity contribution in [3.8, 4) is 5.88 Å². The number of amides is 1. The zero-order valence-electron chi connectivity index (χ0n) is 16.4. The first-order valence-corrected chi connectivity index (χ1v) is 9.59. The minimum atomic E-state index is -0.209. The predicted octanol–water partition coefficient (Wildman–Crippen LogP) is 3.18. The fourth-order valence-corrected chi connectivity index (χ4v) is 3.31. The second-order valence-corrected chi connectivity index (χ2v) is 6.66. The molecule has 1 aliphatic rings. The van der Waals surface area contributed by atoms with Gasteiger partial charge in [-0.3, -0.25) is 4.79 Å². The molecule has 27 heavy (non-hydrogen) atoms. The maximum Gasteiger partial charge on any atom is 0.261 e. The molecular formula is C21H28N4O2. The zero-order valence-corrected chi connectivity index (χ0v) is 16.4. The quantitative estimate of drug-likeness (QED) is 0.849. The molecule has 0 atom stereocenters. The van der Waals surface area contributed by atoms with Gasteiger partial charge in [-0.05, 0) is 56.3 Å². The number of nitrogens with one attached hydrogen (secondary N) is 1. The number of hydrogen-bond donors (Lipinski definition) is 1. The molecule has 1 fully saturated rings. The van der Waals surface area contributed by atoms with Gasteiger partial charge in [-0.15, -0.1) is 0 Å². The van der Waals surface area contributed by atoms with Crippen LogP contribution in [0.4, 0.5) is 11.4 Å². The third kappa shape index (κ3) is 4.57. The van der Waals surface area contributed by atoms with Gasteiger partial charge in [0.1, 0.15) is 5.56 Å². The van der Waals surface area contributed by atoms with Crippen LogP contribution < -0.4 is 15.0 Å². The van der Waals surface area contributed by atoms with Crippen LogP contribution in [0.5, 0.6) is 5.88 Å². The van der Waals surface area contributed by atoms with Crippen LogP contribution in [-0.2, 0) is 0 Å². The van der Waals surface area contributed by atoms with Gasteiger partial charge in [0.2, 0.25) is 5.88 Å². The van der Waals surface area contributed by atoms with E-state index < -0.39 is 0 Å². The number of anilines is 2. The fraction of sp³-hybridized carbons (Fsp3) is 0.429. The van der Waals surface area contributed by atoms with E-state index in [0.29, 0.717) is 18.1 Å². The van der Waals surface area contributed by atoms with E-state index in [1.807, 2.05) is 19.9 Å². The van der Waals surface area contributed by atoms with Crippen molar-refractivity contribution in [2.75, 3.05) is 49.5 Å². The molecule has 0 radical (unpaired) electrons.